The topological polar surface area (TPSA) is 106 Å². The number of halogens is 3. The molecule has 0 aromatic heterocycles. The minimum absolute atomic E-state index is 0.106. The highest BCUT2D eigenvalue weighted by molar-refractivity contribution is 5.94. The number of guanidine groups is 1. The van der Waals surface area contributed by atoms with Gasteiger partial charge in [0.15, 0.2) is 12.2 Å². The van der Waals surface area contributed by atoms with Crippen LogP contribution < -0.4 is 10.6 Å². The Kier molecular flexibility index (Phi) is 7.98. The van der Waals surface area contributed by atoms with Gasteiger partial charge in [-0.1, -0.05) is 0 Å². The Morgan fingerprint density at radius 3 is 2.58 bits per heavy atom. The molecule has 5 fully saturated rings. The number of fused-ring (bicyclic) bond motifs is 1. The maximum atomic E-state index is 13.3. The lowest BCUT2D eigenvalue weighted by Crippen LogP contribution is -2.50. The van der Waals surface area contributed by atoms with Crippen LogP contribution in [0.4, 0.5) is 13.2 Å². The van der Waals surface area contributed by atoms with Crippen molar-refractivity contribution < 1.29 is 22.7 Å². The molecule has 3 aliphatic carbocycles. The second-order valence-electron chi connectivity index (χ2n) is 13.7. The van der Waals surface area contributed by atoms with Crippen LogP contribution in [0.5, 0.6) is 0 Å². The Labute approximate surface area is 250 Å². The predicted octanol–water partition coefficient (Wildman–Crippen LogP) is 2.99. The first kappa shape index (κ1) is 29.2. The van der Waals surface area contributed by atoms with Crippen molar-refractivity contribution >= 4 is 30.1 Å². The SMILES string of the molecule is O=C(C1CC1)N1CCN(CC2CC=NC(N=C3NC4CCC(C5=NC=NC(OCC6(C(F)(F)F)CC6)C5)CC4N3)C2)CC1. The van der Waals surface area contributed by atoms with E-state index in [2.05, 4.69) is 35.4 Å². The van der Waals surface area contributed by atoms with E-state index in [4.69, 9.17) is 9.73 Å². The molecule has 6 unspecified atom stereocenters. The fourth-order valence-corrected chi connectivity index (χ4v) is 7.30. The van der Waals surface area contributed by atoms with E-state index in [1.54, 1.807) is 0 Å². The van der Waals surface area contributed by atoms with E-state index in [1.807, 2.05) is 6.21 Å². The van der Waals surface area contributed by atoms with E-state index in [0.717, 1.165) is 89.3 Å². The van der Waals surface area contributed by atoms with Crippen LogP contribution in [-0.4, -0.2) is 110 Å². The number of carbonyl (C=O) groups excluding carboxylic acids is 1. The quantitative estimate of drug-likeness (QED) is 0.443. The van der Waals surface area contributed by atoms with Crippen molar-refractivity contribution in [3.63, 3.8) is 0 Å². The molecule has 3 saturated carbocycles. The molecular formula is C30H43F3N8O2. The zero-order valence-corrected chi connectivity index (χ0v) is 24.6. The molecule has 7 aliphatic rings. The van der Waals surface area contributed by atoms with Crippen LogP contribution >= 0.6 is 0 Å². The van der Waals surface area contributed by atoms with Crippen LogP contribution in [0.25, 0.3) is 0 Å². The maximum Gasteiger partial charge on any atom is 0.396 e. The van der Waals surface area contributed by atoms with Crippen LogP contribution in [0, 0.1) is 23.2 Å². The molecule has 236 valence electrons. The number of hydrogen-bond acceptors (Lipinski definition) is 7. The van der Waals surface area contributed by atoms with Gasteiger partial charge in [0.05, 0.1) is 12.0 Å². The predicted molar refractivity (Wildman–Crippen MR) is 157 cm³/mol. The minimum Gasteiger partial charge on any atom is -0.355 e. The van der Waals surface area contributed by atoms with Gasteiger partial charge in [0.1, 0.15) is 12.5 Å². The number of nitrogens with zero attached hydrogens (tertiary/aromatic N) is 6. The normalized spacial score (nSPS) is 36.6. The first-order valence-corrected chi connectivity index (χ1v) is 16.1. The van der Waals surface area contributed by atoms with Gasteiger partial charge in [0.25, 0.3) is 0 Å². The second kappa shape index (κ2) is 11.8. The molecule has 0 bridgehead atoms. The van der Waals surface area contributed by atoms with Crippen molar-refractivity contribution in [3.05, 3.63) is 0 Å². The summed E-state index contributed by atoms with van der Waals surface area (Å²) in [6.45, 7) is 4.25. The fraction of sp³-hybridized carbons (Fsp3) is 0.833. The number of amides is 1. The van der Waals surface area contributed by atoms with Gasteiger partial charge in [-0.15, -0.1) is 0 Å². The Hall–Kier alpha value is -2.54. The van der Waals surface area contributed by atoms with E-state index in [-0.39, 0.29) is 37.6 Å². The molecule has 7 rings (SSSR count). The summed E-state index contributed by atoms with van der Waals surface area (Å²) in [7, 11) is 0. The highest BCUT2D eigenvalue weighted by Gasteiger charge is 2.63. The molecular weight excluding hydrogens is 561 g/mol. The van der Waals surface area contributed by atoms with E-state index in [9.17, 15) is 18.0 Å². The first-order valence-electron chi connectivity index (χ1n) is 16.1. The summed E-state index contributed by atoms with van der Waals surface area (Å²) in [5, 5.41) is 7.16. The number of rotatable bonds is 8. The van der Waals surface area contributed by atoms with Crippen molar-refractivity contribution in [1.82, 2.24) is 20.4 Å². The highest BCUT2D eigenvalue weighted by Crippen LogP contribution is 2.57. The largest absolute Gasteiger partial charge is 0.396 e. The number of carbonyl (C=O) groups is 1. The van der Waals surface area contributed by atoms with Gasteiger partial charge >= 0.3 is 6.18 Å². The first-order chi connectivity index (χ1) is 20.7. The van der Waals surface area contributed by atoms with E-state index < -0.39 is 17.8 Å². The Morgan fingerprint density at radius 2 is 1.84 bits per heavy atom. The number of hydrogen-bond donors (Lipinski definition) is 2. The zero-order chi connectivity index (χ0) is 29.6. The van der Waals surface area contributed by atoms with E-state index in [1.165, 1.54) is 6.34 Å². The summed E-state index contributed by atoms with van der Waals surface area (Å²) in [6.07, 6.45) is 6.08. The van der Waals surface area contributed by atoms with Gasteiger partial charge in [-0.2, -0.15) is 13.2 Å². The van der Waals surface area contributed by atoms with Gasteiger partial charge in [-0.3, -0.25) is 14.7 Å². The van der Waals surface area contributed by atoms with E-state index in [0.29, 0.717) is 30.2 Å². The van der Waals surface area contributed by atoms with Crippen molar-refractivity contribution in [2.24, 2.45) is 43.1 Å². The molecule has 4 heterocycles. The summed E-state index contributed by atoms with van der Waals surface area (Å²) in [5.74, 6) is 2.19. The third kappa shape index (κ3) is 6.62. The number of alkyl halides is 3. The number of piperazine rings is 1. The summed E-state index contributed by atoms with van der Waals surface area (Å²) in [5.41, 5.74) is -0.709. The molecule has 0 aromatic rings. The highest BCUT2D eigenvalue weighted by atomic mass is 19.4. The number of aliphatic imine (C=N–C) groups is 4. The molecule has 1 amide bonds. The van der Waals surface area contributed by atoms with Crippen LogP contribution in [0.3, 0.4) is 0 Å². The molecule has 43 heavy (non-hydrogen) atoms. The van der Waals surface area contributed by atoms with Crippen molar-refractivity contribution in [1.29, 1.82) is 0 Å². The van der Waals surface area contributed by atoms with Gasteiger partial charge < -0.3 is 20.3 Å². The van der Waals surface area contributed by atoms with Crippen molar-refractivity contribution in [2.75, 3.05) is 39.3 Å². The molecule has 2 N–H and O–H groups in total. The average Bonchev–Trinajstić information content (AvgIpc) is 3.93. The number of ether oxygens (including phenoxy) is 1. The van der Waals surface area contributed by atoms with E-state index >= 15 is 0 Å². The zero-order valence-electron chi connectivity index (χ0n) is 24.6. The third-order valence-electron chi connectivity index (χ3n) is 10.5. The Balaban J connectivity index is 0.867. The standard InChI is InChI=1S/C30H43F3N8O2/c31-30(32,33)29(6-7-29)17-43-26-15-23(35-18-36-26)21-3-4-22-24(14-21)38-28(37-22)39-25-13-19(5-8-34-25)16-40-9-11-41(12-10-40)27(42)20-1-2-20/h8,18-22,24-26H,1-7,9-17H2,(H2,37,38,39). The number of nitrogens with one attached hydrogen (secondary N) is 2. The lowest BCUT2D eigenvalue weighted by Gasteiger charge is -2.37. The molecule has 2 saturated heterocycles. The Morgan fingerprint density at radius 1 is 1.05 bits per heavy atom. The third-order valence-corrected chi connectivity index (χ3v) is 10.5. The fourth-order valence-electron chi connectivity index (χ4n) is 7.30. The van der Waals surface area contributed by atoms with Gasteiger partial charge in [0.2, 0.25) is 5.91 Å². The van der Waals surface area contributed by atoms with Crippen molar-refractivity contribution in [2.45, 2.75) is 94.9 Å². The summed E-state index contributed by atoms with van der Waals surface area (Å²) in [6, 6.07) is 0.510. The molecule has 13 heteroatoms. The second-order valence-corrected chi connectivity index (χ2v) is 13.7. The maximum absolute atomic E-state index is 13.3. The van der Waals surface area contributed by atoms with Crippen molar-refractivity contribution in [3.8, 4) is 0 Å². The molecule has 0 aromatic carbocycles. The lowest BCUT2D eigenvalue weighted by molar-refractivity contribution is -0.205. The van der Waals surface area contributed by atoms with Crippen LogP contribution in [0.2, 0.25) is 0 Å². The smallest absolute Gasteiger partial charge is 0.355 e. The van der Waals surface area contributed by atoms with Gasteiger partial charge in [-0.25, -0.2) is 15.0 Å². The average molecular weight is 605 g/mol. The molecule has 10 nitrogen and oxygen atoms in total. The summed E-state index contributed by atoms with van der Waals surface area (Å²) in [4.78, 5) is 35.3. The molecule has 6 atom stereocenters. The summed E-state index contributed by atoms with van der Waals surface area (Å²) >= 11 is 0. The minimum atomic E-state index is -4.22. The monoisotopic (exact) mass is 604 g/mol. The molecule has 0 radical (unpaired) electrons. The summed E-state index contributed by atoms with van der Waals surface area (Å²) < 4.78 is 45.6. The van der Waals surface area contributed by atoms with Gasteiger partial charge in [0, 0.05) is 69.1 Å². The van der Waals surface area contributed by atoms with Crippen LogP contribution in [-0.2, 0) is 9.53 Å². The van der Waals surface area contributed by atoms with Crippen LogP contribution in [0.1, 0.15) is 64.2 Å². The molecule has 4 aliphatic heterocycles. The van der Waals surface area contributed by atoms with Gasteiger partial charge in [-0.05, 0) is 69.6 Å². The Bertz CT molecular complexity index is 1170. The lowest BCUT2D eigenvalue weighted by atomic mass is 9.79. The van der Waals surface area contributed by atoms with Crippen LogP contribution in [0.15, 0.2) is 20.0 Å². The molecule has 0 spiro atoms.